The summed E-state index contributed by atoms with van der Waals surface area (Å²) in [5.74, 6) is -2.42. The van der Waals surface area contributed by atoms with Gasteiger partial charge in [-0.2, -0.15) is 5.10 Å². The van der Waals surface area contributed by atoms with Crippen LogP contribution in [0.4, 0.5) is 13.2 Å². The molecule has 7 heteroatoms. The second-order valence-corrected chi connectivity index (χ2v) is 6.41. The first-order chi connectivity index (χ1) is 12.6. The third kappa shape index (κ3) is 3.22. The minimum Gasteiger partial charge on any atom is -0.289 e. The highest BCUT2D eigenvalue weighted by Crippen LogP contribution is 2.32. The van der Waals surface area contributed by atoms with Gasteiger partial charge >= 0.3 is 0 Å². The Bertz CT molecular complexity index is 887. The molecule has 1 aromatic heterocycles. The molecule has 4 rings (SSSR count). The van der Waals surface area contributed by atoms with Crippen molar-refractivity contribution < 1.29 is 13.2 Å². The maximum atomic E-state index is 13.5. The van der Waals surface area contributed by atoms with Gasteiger partial charge in [0.05, 0.1) is 6.04 Å². The van der Waals surface area contributed by atoms with Crippen molar-refractivity contribution in [2.45, 2.75) is 25.4 Å². The fourth-order valence-corrected chi connectivity index (χ4v) is 3.40. The molecule has 0 spiro atoms. The average molecular weight is 358 g/mol. The topological polar surface area (TPSA) is 44.8 Å². The zero-order valence-electron chi connectivity index (χ0n) is 13.9. The Morgan fingerprint density at radius 3 is 2.54 bits per heavy atom. The van der Waals surface area contributed by atoms with Gasteiger partial charge in [0.1, 0.15) is 5.82 Å². The summed E-state index contributed by atoms with van der Waals surface area (Å²) in [4.78, 5) is 6.66. The van der Waals surface area contributed by atoms with E-state index < -0.39 is 17.5 Å². The maximum absolute atomic E-state index is 13.5. The first-order valence-electron chi connectivity index (χ1n) is 8.47. The summed E-state index contributed by atoms with van der Waals surface area (Å²) in [5, 5.41) is 7.26. The smallest absolute Gasteiger partial charge is 0.194 e. The molecule has 2 heterocycles. The summed E-state index contributed by atoms with van der Waals surface area (Å²) in [6, 6.07) is 11.7. The molecule has 26 heavy (non-hydrogen) atoms. The van der Waals surface area contributed by atoms with E-state index in [0.29, 0.717) is 17.9 Å². The van der Waals surface area contributed by atoms with Crippen LogP contribution in [0.25, 0.3) is 11.4 Å². The lowest BCUT2D eigenvalue weighted by Gasteiger charge is -2.22. The molecule has 0 bridgehead atoms. The third-order valence-electron chi connectivity index (χ3n) is 4.64. The lowest BCUT2D eigenvalue weighted by Crippen LogP contribution is -2.24. The summed E-state index contributed by atoms with van der Waals surface area (Å²) >= 11 is 0. The largest absolute Gasteiger partial charge is 0.289 e. The first kappa shape index (κ1) is 16.8. The van der Waals surface area contributed by atoms with Crippen molar-refractivity contribution in [3.63, 3.8) is 0 Å². The van der Waals surface area contributed by atoms with Crippen molar-refractivity contribution in [3.05, 3.63) is 71.3 Å². The van der Waals surface area contributed by atoms with Gasteiger partial charge < -0.3 is 0 Å². The first-order valence-corrected chi connectivity index (χ1v) is 8.47. The van der Waals surface area contributed by atoms with Gasteiger partial charge in [-0.25, -0.2) is 18.2 Å². The molecule has 1 N–H and O–H groups in total. The van der Waals surface area contributed by atoms with Crippen LogP contribution in [-0.2, 0) is 6.54 Å². The van der Waals surface area contributed by atoms with Crippen molar-refractivity contribution in [1.29, 1.82) is 0 Å². The van der Waals surface area contributed by atoms with E-state index >= 15 is 0 Å². The Kier molecular flexibility index (Phi) is 4.46. The normalized spacial score (nSPS) is 17.7. The Morgan fingerprint density at radius 2 is 1.81 bits per heavy atom. The highest BCUT2D eigenvalue weighted by molar-refractivity contribution is 5.53. The number of aromatic amines is 1. The fourth-order valence-electron chi connectivity index (χ4n) is 3.40. The Hall–Kier alpha value is -2.67. The minimum atomic E-state index is -1.44. The van der Waals surface area contributed by atoms with Gasteiger partial charge in [0.25, 0.3) is 0 Å². The van der Waals surface area contributed by atoms with Crippen LogP contribution in [0.15, 0.2) is 42.5 Å². The molecule has 1 atom stereocenters. The number of benzene rings is 2. The molecule has 1 saturated heterocycles. The van der Waals surface area contributed by atoms with Gasteiger partial charge in [0.2, 0.25) is 0 Å². The monoisotopic (exact) mass is 358 g/mol. The van der Waals surface area contributed by atoms with Crippen molar-refractivity contribution in [3.8, 4) is 11.4 Å². The minimum absolute atomic E-state index is 0.0175. The van der Waals surface area contributed by atoms with Crippen LogP contribution in [-0.4, -0.2) is 26.6 Å². The maximum Gasteiger partial charge on any atom is 0.194 e. The van der Waals surface area contributed by atoms with Crippen molar-refractivity contribution in [1.82, 2.24) is 20.1 Å². The van der Waals surface area contributed by atoms with Gasteiger partial charge in [0, 0.05) is 12.1 Å². The Labute approximate surface area is 148 Å². The highest BCUT2D eigenvalue weighted by atomic mass is 19.2. The number of aromatic nitrogens is 3. The van der Waals surface area contributed by atoms with E-state index in [4.69, 9.17) is 0 Å². The van der Waals surface area contributed by atoms with Gasteiger partial charge in [-0.05, 0) is 37.1 Å². The van der Waals surface area contributed by atoms with Crippen molar-refractivity contribution in [2.24, 2.45) is 0 Å². The lowest BCUT2D eigenvalue weighted by molar-refractivity contribution is 0.239. The van der Waals surface area contributed by atoms with Gasteiger partial charge in [-0.1, -0.05) is 30.3 Å². The van der Waals surface area contributed by atoms with E-state index in [-0.39, 0.29) is 6.04 Å². The molecule has 4 nitrogen and oxygen atoms in total. The SMILES string of the molecule is Fc1cc(CN2CCC[C@H]2c2nc(-c3ccccc3)n[nH]2)cc(F)c1F. The molecule has 1 fully saturated rings. The predicted octanol–water partition coefficient (Wildman–Crippen LogP) is 4.23. The molecule has 2 aromatic carbocycles. The molecule has 0 unspecified atom stereocenters. The van der Waals surface area contributed by atoms with E-state index in [9.17, 15) is 13.2 Å². The van der Waals surface area contributed by atoms with Crippen molar-refractivity contribution >= 4 is 0 Å². The number of hydrogen-bond donors (Lipinski definition) is 1. The number of likely N-dealkylation sites (tertiary alicyclic amines) is 1. The van der Waals surface area contributed by atoms with Gasteiger partial charge in [-0.15, -0.1) is 0 Å². The molecule has 0 saturated carbocycles. The summed E-state index contributed by atoms with van der Waals surface area (Å²) in [6.07, 6.45) is 1.81. The molecular formula is C19H17F3N4. The van der Waals surface area contributed by atoms with Crippen LogP contribution in [0.3, 0.4) is 0 Å². The predicted molar refractivity (Wildman–Crippen MR) is 90.5 cm³/mol. The average Bonchev–Trinajstić information content (AvgIpc) is 3.29. The zero-order valence-corrected chi connectivity index (χ0v) is 13.9. The molecule has 0 aliphatic carbocycles. The standard InChI is InChI=1S/C19H17F3N4/c20-14-9-12(10-15(21)17(14)22)11-26-8-4-7-16(26)19-23-18(24-25-19)13-5-2-1-3-6-13/h1-3,5-6,9-10,16H,4,7-8,11H2,(H,23,24,25)/t16-/m0/s1. The van der Waals surface area contributed by atoms with Crippen LogP contribution in [0.1, 0.15) is 30.3 Å². The van der Waals surface area contributed by atoms with Crippen molar-refractivity contribution in [2.75, 3.05) is 6.54 Å². The molecule has 1 aliphatic rings. The van der Waals surface area contributed by atoms with E-state index in [0.717, 1.165) is 42.9 Å². The summed E-state index contributed by atoms with van der Waals surface area (Å²) in [6.45, 7) is 1.09. The molecule has 134 valence electrons. The van der Waals surface area contributed by atoms with E-state index in [1.807, 2.05) is 30.3 Å². The third-order valence-corrected chi connectivity index (χ3v) is 4.64. The molecule has 3 aromatic rings. The van der Waals surface area contributed by atoms with Crippen LogP contribution in [0.5, 0.6) is 0 Å². The number of H-pyrrole nitrogens is 1. The van der Waals surface area contributed by atoms with Crippen LogP contribution in [0.2, 0.25) is 0 Å². The number of halogens is 3. The quantitative estimate of drug-likeness (QED) is 0.710. The van der Waals surface area contributed by atoms with Crippen LogP contribution < -0.4 is 0 Å². The number of nitrogens with one attached hydrogen (secondary N) is 1. The molecule has 1 aliphatic heterocycles. The number of nitrogens with zero attached hydrogens (tertiary/aromatic N) is 3. The Morgan fingerprint density at radius 1 is 1.08 bits per heavy atom. The van der Waals surface area contributed by atoms with Crippen LogP contribution >= 0.6 is 0 Å². The fraction of sp³-hybridized carbons (Fsp3) is 0.263. The van der Waals surface area contributed by atoms with E-state index in [1.54, 1.807) is 0 Å². The lowest BCUT2D eigenvalue weighted by atomic mass is 10.1. The van der Waals surface area contributed by atoms with Crippen LogP contribution in [0, 0.1) is 17.5 Å². The number of hydrogen-bond acceptors (Lipinski definition) is 3. The summed E-state index contributed by atoms with van der Waals surface area (Å²) in [7, 11) is 0. The zero-order chi connectivity index (χ0) is 18.1. The van der Waals surface area contributed by atoms with E-state index in [2.05, 4.69) is 20.1 Å². The highest BCUT2D eigenvalue weighted by Gasteiger charge is 2.29. The van der Waals surface area contributed by atoms with E-state index in [1.165, 1.54) is 0 Å². The Balaban J connectivity index is 1.55. The van der Waals surface area contributed by atoms with Gasteiger partial charge in [0.15, 0.2) is 23.3 Å². The molecular weight excluding hydrogens is 341 g/mol. The second kappa shape index (κ2) is 6.92. The second-order valence-electron chi connectivity index (χ2n) is 6.41. The molecule has 0 amide bonds. The summed E-state index contributed by atoms with van der Waals surface area (Å²) in [5.41, 5.74) is 1.32. The summed E-state index contributed by atoms with van der Waals surface area (Å²) < 4.78 is 40.1. The number of rotatable bonds is 4. The van der Waals surface area contributed by atoms with Gasteiger partial charge in [-0.3, -0.25) is 10.00 Å². The molecule has 0 radical (unpaired) electrons.